The van der Waals surface area contributed by atoms with Crippen molar-refractivity contribution in [3.8, 4) is 0 Å². The fourth-order valence-corrected chi connectivity index (χ4v) is 3.30. The topological polar surface area (TPSA) is 90.0 Å². The largest absolute Gasteiger partial charge is 0.462 e. The number of hydrogen-bond donors (Lipinski definition) is 0. The number of hydrogen-bond acceptors (Lipinski definition) is 6. The average Bonchev–Trinajstić information content (AvgIpc) is 2.61. The lowest BCUT2D eigenvalue weighted by atomic mass is 10.2. The van der Waals surface area contributed by atoms with Crippen molar-refractivity contribution in [2.75, 3.05) is 26.9 Å². The van der Waals surface area contributed by atoms with Crippen molar-refractivity contribution in [3.63, 3.8) is 0 Å². The van der Waals surface area contributed by atoms with Gasteiger partial charge in [-0.3, -0.25) is 9.59 Å². The molecule has 108 valence electrons. The highest BCUT2D eigenvalue weighted by molar-refractivity contribution is 7.90. The van der Waals surface area contributed by atoms with Crippen LogP contribution < -0.4 is 0 Å². The molecule has 20 heavy (non-hydrogen) atoms. The molecule has 1 aromatic rings. The molecule has 0 N–H and O–H groups in total. The van der Waals surface area contributed by atoms with E-state index in [1.165, 1.54) is 25.3 Å². The van der Waals surface area contributed by atoms with E-state index in [-0.39, 0.29) is 23.7 Å². The first kappa shape index (κ1) is 14.5. The SMILES string of the molecule is COCCOC(=O)CN1C(=O)c2ccccc2S1(=O)=O. The fraction of sp³-hybridized carbons (Fsp3) is 0.333. The van der Waals surface area contributed by atoms with Crippen LogP contribution in [0, 0.1) is 0 Å². The second-order valence-electron chi connectivity index (χ2n) is 4.03. The van der Waals surface area contributed by atoms with E-state index in [0.717, 1.165) is 0 Å². The van der Waals surface area contributed by atoms with Crippen LogP contribution in [-0.4, -0.2) is 51.5 Å². The van der Waals surface area contributed by atoms with Crippen molar-refractivity contribution >= 4 is 21.9 Å². The third-order valence-corrected chi connectivity index (χ3v) is 4.52. The van der Waals surface area contributed by atoms with E-state index in [1.54, 1.807) is 6.07 Å². The smallest absolute Gasteiger partial charge is 0.327 e. The van der Waals surface area contributed by atoms with Gasteiger partial charge in [0.2, 0.25) is 0 Å². The van der Waals surface area contributed by atoms with Crippen LogP contribution >= 0.6 is 0 Å². The zero-order valence-electron chi connectivity index (χ0n) is 10.7. The summed E-state index contributed by atoms with van der Waals surface area (Å²) in [7, 11) is -2.53. The molecule has 0 radical (unpaired) electrons. The van der Waals surface area contributed by atoms with Crippen LogP contribution in [-0.2, 0) is 24.3 Å². The number of amides is 1. The van der Waals surface area contributed by atoms with Gasteiger partial charge in [-0.1, -0.05) is 12.1 Å². The molecule has 0 aliphatic carbocycles. The fourth-order valence-electron chi connectivity index (χ4n) is 1.79. The molecular weight excluding hydrogens is 286 g/mol. The summed E-state index contributed by atoms with van der Waals surface area (Å²) in [5.74, 6) is -1.52. The number of methoxy groups -OCH3 is 1. The molecular formula is C12H13NO6S. The molecule has 0 saturated carbocycles. The number of nitrogens with zero attached hydrogens (tertiary/aromatic N) is 1. The van der Waals surface area contributed by atoms with E-state index in [0.29, 0.717) is 4.31 Å². The molecule has 0 fully saturated rings. The number of benzene rings is 1. The Morgan fingerprint density at radius 2 is 1.95 bits per heavy atom. The third-order valence-electron chi connectivity index (χ3n) is 2.74. The summed E-state index contributed by atoms with van der Waals surface area (Å²) in [6, 6.07) is 5.82. The number of rotatable bonds is 5. The lowest BCUT2D eigenvalue weighted by Gasteiger charge is -2.14. The van der Waals surface area contributed by atoms with Gasteiger partial charge >= 0.3 is 5.97 Å². The minimum Gasteiger partial charge on any atom is -0.462 e. The van der Waals surface area contributed by atoms with E-state index >= 15 is 0 Å². The minimum absolute atomic E-state index is 0.00433. The monoisotopic (exact) mass is 299 g/mol. The highest BCUT2D eigenvalue weighted by atomic mass is 32.2. The molecule has 7 nitrogen and oxygen atoms in total. The Hall–Kier alpha value is -1.93. The van der Waals surface area contributed by atoms with E-state index in [4.69, 9.17) is 9.47 Å². The summed E-state index contributed by atoms with van der Waals surface area (Å²) in [5, 5.41) is 0. The maximum absolute atomic E-state index is 12.1. The van der Waals surface area contributed by atoms with E-state index in [1.807, 2.05) is 0 Å². The van der Waals surface area contributed by atoms with Gasteiger partial charge in [0.1, 0.15) is 18.0 Å². The molecule has 0 atom stereocenters. The first-order chi connectivity index (χ1) is 9.48. The molecule has 0 unspecified atom stereocenters. The number of carbonyl (C=O) groups is 2. The second-order valence-corrected chi connectivity index (χ2v) is 5.86. The molecule has 0 aromatic heterocycles. The summed E-state index contributed by atoms with van der Waals surface area (Å²) < 4.78 is 34.2. The molecule has 2 rings (SSSR count). The Morgan fingerprint density at radius 1 is 1.25 bits per heavy atom. The molecule has 1 amide bonds. The van der Waals surface area contributed by atoms with Crippen molar-refractivity contribution in [1.82, 2.24) is 4.31 Å². The lowest BCUT2D eigenvalue weighted by Crippen LogP contribution is -2.36. The predicted octanol–water partition coefficient (Wildman–Crippen LogP) is 0.0207. The van der Waals surface area contributed by atoms with Crippen LogP contribution in [0.2, 0.25) is 0 Å². The highest BCUT2D eigenvalue weighted by Crippen LogP contribution is 2.29. The van der Waals surface area contributed by atoms with Gasteiger partial charge in [-0.05, 0) is 12.1 Å². The normalized spacial score (nSPS) is 16.1. The maximum atomic E-state index is 12.1. The summed E-state index contributed by atoms with van der Waals surface area (Å²) >= 11 is 0. The van der Waals surface area contributed by atoms with E-state index in [9.17, 15) is 18.0 Å². The van der Waals surface area contributed by atoms with Gasteiger partial charge in [-0.15, -0.1) is 0 Å². The van der Waals surface area contributed by atoms with Crippen LogP contribution in [0.4, 0.5) is 0 Å². The molecule has 1 heterocycles. The number of ether oxygens (including phenoxy) is 2. The van der Waals surface area contributed by atoms with Crippen molar-refractivity contribution in [3.05, 3.63) is 29.8 Å². The summed E-state index contributed by atoms with van der Waals surface area (Å²) in [5.41, 5.74) is 0.0668. The molecule has 1 aliphatic rings. The Morgan fingerprint density at radius 3 is 2.60 bits per heavy atom. The van der Waals surface area contributed by atoms with Gasteiger partial charge in [0.25, 0.3) is 15.9 Å². The first-order valence-corrected chi connectivity index (χ1v) is 7.23. The number of esters is 1. The molecule has 1 aliphatic heterocycles. The summed E-state index contributed by atoms with van der Waals surface area (Å²) in [6.07, 6.45) is 0. The molecule has 8 heteroatoms. The van der Waals surface area contributed by atoms with Crippen LogP contribution in [0.5, 0.6) is 0 Å². The molecule has 0 saturated heterocycles. The summed E-state index contributed by atoms with van der Waals surface area (Å²) in [4.78, 5) is 23.4. The van der Waals surface area contributed by atoms with Crippen LogP contribution in [0.15, 0.2) is 29.2 Å². The van der Waals surface area contributed by atoms with Crippen molar-refractivity contribution in [2.45, 2.75) is 4.90 Å². The standard InChI is InChI=1S/C12H13NO6S/c1-18-6-7-19-11(14)8-13-12(15)9-4-2-3-5-10(9)20(13,16)17/h2-5H,6-8H2,1H3. The van der Waals surface area contributed by atoms with Gasteiger partial charge in [0.15, 0.2) is 0 Å². The number of sulfonamides is 1. The Kier molecular flexibility index (Phi) is 4.05. The average molecular weight is 299 g/mol. The van der Waals surface area contributed by atoms with E-state index < -0.39 is 28.4 Å². The molecule has 1 aromatic carbocycles. The maximum Gasteiger partial charge on any atom is 0.327 e. The van der Waals surface area contributed by atoms with Crippen LogP contribution in [0.25, 0.3) is 0 Å². The van der Waals surface area contributed by atoms with Crippen molar-refractivity contribution in [1.29, 1.82) is 0 Å². The summed E-state index contributed by atoms with van der Waals surface area (Å²) in [6.45, 7) is -0.434. The quantitative estimate of drug-likeness (QED) is 0.562. The van der Waals surface area contributed by atoms with Crippen LogP contribution in [0.3, 0.4) is 0 Å². The van der Waals surface area contributed by atoms with Gasteiger partial charge < -0.3 is 9.47 Å². The van der Waals surface area contributed by atoms with Crippen LogP contribution in [0.1, 0.15) is 10.4 Å². The van der Waals surface area contributed by atoms with Crippen molar-refractivity contribution < 1.29 is 27.5 Å². The zero-order valence-corrected chi connectivity index (χ0v) is 11.6. The van der Waals surface area contributed by atoms with E-state index in [2.05, 4.69) is 0 Å². The first-order valence-electron chi connectivity index (χ1n) is 5.79. The van der Waals surface area contributed by atoms with Gasteiger partial charge in [-0.2, -0.15) is 0 Å². The Bertz CT molecular complexity index is 639. The second kappa shape index (κ2) is 5.59. The van der Waals surface area contributed by atoms with Gasteiger partial charge in [-0.25, -0.2) is 12.7 Å². The minimum atomic E-state index is -3.97. The van der Waals surface area contributed by atoms with Gasteiger partial charge in [0.05, 0.1) is 12.2 Å². The van der Waals surface area contributed by atoms with Gasteiger partial charge in [0, 0.05) is 7.11 Å². The Balaban J connectivity index is 2.15. The lowest BCUT2D eigenvalue weighted by molar-refractivity contribution is -0.144. The third kappa shape index (κ3) is 2.52. The predicted molar refractivity (Wildman–Crippen MR) is 67.5 cm³/mol. The highest BCUT2D eigenvalue weighted by Gasteiger charge is 2.42. The molecule has 0 spiro atoms. The number of fused-ring (bicyclic) bond motifs is 1. The van der Waals surface area contributed by atoms with Crippen molar-refractivity contribution in [2.24, 2.45) is 0 Å². The number of carbonyl (C=O) groups excluding carboxylic acids is 2. The Labute approximate surface area is 116 Å². The molecule has 0 bridgehead atoms. The zero-order chi connectivity index (χ0) is 14.8.